The number of anilines is 2. The number of urea groups is 1. The van der Waals surface area contributed by atoms with Gasteiger partial charge in [-0.1, -0.05) is 25.4 Å². The molecule has 1 atom stereocenters. The Hall–Kier alpha value is -2.74. The summed E-state index contributed by atoms with van der Waals surface area (Å²) in [6.45, 7) is 4.43. The number of nitrogens with one attached hydrogen (secondary N) is 1. The molecule has 2 aliphatic rings. The number of carbonyl (C=O) groups is 2. The quantitative estimate of drug-likeness (QED) is 0.782. The van der Waals surface area contributed by atoms with Gasteiger partial charge in [0.15, 0.2) is 0 Å². The van der Waals surface area contributed by atoms with Crippen LogP contribution in [0.15, 0.2) is 30.7 Å². The van der Waals surface area contributed by atoms with Crippen LogP contribution in [-0.2, 0) is 4.79 Å². The summed E-state index contributed by atoms with van der Waals surface area (Å²) >= 11 is 5.93. The summed E-state index contributed by atoms with van der Waals surface area (Å²) in [5, 5.41) is 3.17. The minimum atomic E-state index is -0.328. The van der Waals surface area contributed by atoms with Gasteiger partial charge in [0.1, 0.15) is 12.4 Å². The molecule has 29 heavy (non-hydrogen) atoms. The summed E-state index contributed by atoms with van der Waals surface area (Å²) < 4.78 is 0. The van der Waals surface area contributed by atoms with E-state index in [2.05, 4.69) is 20.3 Å². The summed E-state index contributed by atoms with van der Waals surface area (Å²) in [5.41, 5.74) is 1.12. The number of rotatable bonds is 6. The number of hydrogen-bond donors (Lipinski definition) is 1. The predicted molar refractivity (Wildman–Crippen MR) is 110 cm³/mol. The maximum atomic E-state index is 13.0. The number of aromatic nitrogens is 3. The molecule has 0 aromatic carbocycles. The van der Waals surface area contributed by atoms with Crippen LogP contribution in [0.1, 0.15) is 38.2 Å². The molecule has 1 aliphatic carbocycles. The number of amides is 3. The van der Waals surface area contributed by atoms with Gasteiger partial charge in [0.25, 0.3) is 0 Å². The first-order valence-electron chi connectivity index (χ1n) is 9.74. The maximum absolute atomic E-state index is 13.0. The molecule has 0 radical (unpaired) electrons. The molecule has 9 heteroatoms. The standard InChI is InChI=1S/C20H23ClN6O2/c1-12(2)16-10-27(19-23-8-14(9-24-19)13-3-4-13)20(29)26(16)11-18(28)25-17-7-15(21)5-6-22-17/h5-9,12-13,16H,3-4,10-11H2,1-2H3,(H,22,25,28)/t16-/m1/s1. The van der Waals surface area contributed by atoms with Crippen LogP contribution in [0.3, 0.4) is 0 Å². The van der Waals surface area contributed by atoms with Crippen molar-refractivity contribution in [3.8, 4) is 0 Å². The smallest absolute Gasteiger partial charge is 0.310 e. The minimum absolute atomic E-state index is 0.0769. The molecule has 2 fully saturated rings. The molecule has 2 aromatic heterocycles. The summed E-state index contributed by atoms with van der Waals surface area (Å²) in [6.07, 6.45) is 7.46. The Bertz CT molecular complexity index is 915. The molecule has 0 bridgehead atoms. The molecule has 0 unspecified atom stereocenters. The summed E-state index contributed by atoms with van der Waals surface area (Å²) in [7, 11) is 0. The third kappa shape index (κ3) is 4.32. The van der Waals surface area contributed by atoms with Crippen molar-refractivity contribution >= 4 is 35.3 Å². The zero-order valence-electron chi connectivity index (χ0n) is 16.4. The predicted octanol–water partition coefficient (Wildman–Crippen LogP) is 3.31. The van der Waals surface area contributed by atoms with E-state index >= 15 is 0 Å². The average molecular weight is 415 g/mol. The monoisotopic (exact) mass is 414 g/mol. The summed E-state index contributed by atoms with van der Waals surface area (Å²) in [4.78, 5) is 41.6. The van der Waals surface area contributed by atoms with Crippen LogP contribution in [0.2, 0.25) is 5.02 Å². The summed E-state index contributed by atoms with van der Waals surface area (Å²) in [6, 6.07) is 2.80. The minimum Gasteiger partial charge on any atom is -0.310 e. The molecule has 0 spiro atoms. The van der Waals surface area contributed by atoms with E-state index < -0.39 is 0 Å². The van der Waals surface area contributed by atoms with E-state index in [4.69, 9.17) is 11.6 Å². The lowest BCUT2D eigenvalue weighted by molar-refractivity contribution is -0.117. The van der Waals surface area contributed by atoms with Gasteiger partial charge in [0.2, 0.25) is 11.9 Å². The number of nitrogens with zero attached hydrogens (tertiary/aromatic N) is 5. The highest BCUT2D eigenvalue weighted by molar-refractivity contribution is 6.30. The molecule has 1 aliphatic heterocycles. The SMILES string of the molecule is CC(C)[C@H]1CN(c2ncc(C3CC3)cn2)C(=O)N1CC(=O)Nc1cc(Cl)ccn1. The Kier molecular flexibility index (Phi) is 5.36. The van der Waals surface area contributed by atoms with Gasteiger partial charge in [-0.2, -0.15) is 0 Å². The Morgan fingerprint density at radius 2 is 2.00 bits per heavy atom. The van der Waals surface area contributed by atoms with Crippen molar-refractivity contribution in [2.24, 2.45) is 5.92 Å². The largest absolute Gasteiger partial charge is 0.327 e. The number of pyridine rings is 1. The Labute approximate surface area is 174 Å². The van der Waals surface area contributed by atoms with Crippen molar-refractivity contribution in [1.29, 1.82) is 0 Å². The first kappa shape index (κ1) is 19.6. The number of carbonyl (C=O) groups excluding carboxylic acids is 2. The normalized spacial score (nSPS) is 19.2. The van der Waals surface area contributed by atoms with Gasteiger partial charge in [-0.05, 0) is 42.4 Å². The van der Waals surface area contributed by atoms with Crippen LogP contribution in [0, 0.1) is 5.92 Å². The van der Waals surface area contributed by atoms with Gasteiger partial charge >= 0.3 is 6.03 Å². The molecule has 4 rings (SSSR count). The van der Waals surface area contributed by atoms with E-state index in [1.807, 2.05) is 13.8 Å². The maximum Gasteiger partial charge on any atom is 0.327 e. The second-order valence-corrected chi connectivity index (χ2v) is 8.27. The van der Waals surface area contributed by atoms with Crippen molar-refractivity contribution in [1.82, 2.24) is 19.9 Å². The zero-order chi connectivity index (χ0) is 20.5. The molecule has 3 heterocycles. The third-order valence-corrected chi connectivity index (χ3v) is 5.50. The molecule has 8 nitrogen and oxygen atoms in total. The molecule has 1 saturated carbocycles. The van der Waals surface area contributed by atoms with Crippen LogP contribution in [0.5, 0.6) is 0 Å². The first-order valence-corrected chi connectivity index (χ1v) is 10.1. The Morgan fingerprint density at radius 3 is 2.62 bits per heavy atom. The molecule has 152 valence electrons. The van der Waals surface area contributed by atoms with Gasteiger partial charge < -0.3 is 10.2 Å². The van der Waals surface area contributed by atoms with Crippen LogP contribution >= 0.6 is 11.6 Å². The van der Waals surface area contributed by atoms with Gasteiger partial charge in [-0.25, -0.2) is 19.7 Å². The second-order valence-electron chi connectivity index (χ2n) is 7.83. The topological polar surface area (TPSA) is 91.3 Å². The molecule has 1 N–H and O–H groups in total. The van der Waals surface area contributed by atoms with Crippen LogP contribution in [0.25, 0.3) is 0 Å². The molecular weight excluding hydrogens is 392 g/mol. The average Bonchev–Trinajstić information content (AvgIpc) is 3.48. The molecule has 2 aromatic rings. The Morgan fingerprint density at radius 1 is 1.28 bits per heavy atom. The fraction of sp³-hybridized carbons (Fsp3) is 0.450. The molecule has 3 amide bonds. The van der Waals surface area contributed by atoms with Gasteiger partial charge in [-0.3, -0.25) is 9.69 Å². The van der Waals surface area contributed by atoms with Crippen LogP contribution < -0.4 is 10.2 Å². The van der Waals surface area contributed by atoms with Crippen molar-refractivity contribution in [2.75, 3.05) is 23.3 Å². The summed E-state index contributed by atoms with van der Waals surface area (Å²) in [5.74, 6) is 1.13. The zero-order valence-corrected chi connectivity index (χ0v) is 17.1. The lowest BCUT2D eigenvalue weighted by Crippen LogP contribution is -2.43. The highest BCUT2D eigenvalue weighted by Gasteiger charge is 2.41. The van der Waals surface area contributed by atoms with Crippen molar-refractivity contribution < 1.29 is 9.59 Å². The molecule has 1 saturated heterocycles. The third-order valence-electron chi connectivity index (χ3n) is 5.27. The van der Waals surface area contributed by atoms with Crippen molar-refractivity contribution in [3.63, 3.8) is 0 Å². The fourth-order valence-electron chi connectivity index (χ4n) is 3.49. The Balaban J connectivity index is 1.47. The van der Waals surface area contributed by atoms with E-state index in [1.165, 1.54) is 19.0 Å². The van der Waals surface area contributed by atoms with Crippen LogP contribution in [-0.4, -0.2) is 50.9 Å². The van der Waals surface area contributed by atoms with E-state index in [-0.39, 0.29) is 30.4 Å². The lowest BCUT2D eigenvalue weighted by atomic mass is 10.0. The number of halogens is 1. The lowest BCUT2D eigenvalue weighted by Gasteiger charge is -2.25. The van der Waals surface area contributed by atoms with Gasteiger partial charge in [0.05, 0.1) is 12.6 Å². The number of hydrogen-bond acceptors (Lipinski definition) is 5. The van der Waals surface area contributed by atoms with Gasteiger partial charge in [0, 0.05) is 23.6 Å². The van der Waals surface area contributed by atoms with E-state index in [0.29, 0.717) is 29.3 Å². The van der Waals surface area contributed by atoms with Gasteiger partial charge in [-0.15, -0.1) is 0 Å². The van der Waals surface area contributed by atoms with E-state index in [0.717, 1.165) is 5.56 Å². The van der Waals surface area contributed by atoms with Crippen molar-refractivity contribution in [2.45, 2.75) is 38.6 Å². The van der Waals surface area contributed by atoms with E-state index in [1.54, 1.807) is 34.3 Å². The first-order chi connectivity index (χ1) is 13.9. The molecular formula is C20H23ClN6O2. The van der Waals surface area contributed by atoms with Crippen molar-refractivity contribution in [3.05, 3.63) is 41.3 Å². The highest BCUT2D eigenvalue weighted by Crippen LogP contribution is 2.39. The second kappa shape index (κ2) is 7.94. The fourth-order valence-corrected chi connectivity index (χ4v) is 3.65. The van der Waals surface area contributed by atoms with Crippen LogP contribution in [0.4, 0.5) is 16.6 Å². The highest BCUT2D eigenvalue weighted by atomic mass is 35.5. The van der Waals surface area contributed by atoms with E-state index in [9.17, 15) is 9.59 Å².